The molecule has 1 amide bonds. The Labute approximate surface area is 156 Å². The Morgan fingerprint density at radius 1 is 1.12 bits per heavy atom. The second-order valence-electron chi connectivity index (χ2n) is 7.14. The highest BCUT2D eigenvalue weighted by Crippen LogP contribution is 2.24. The quantitative estimate of drug-likeness (QED) is 0.789. The Bertz CT molecular complexity index is 610. The molecule has 5 heteroatoms. The number of amides is 1. The summed E-state index contributed by atoms with van der Waals surface area (Å²) in [6.45, 7) is 2.69. The van der Waals surface area contributed by atoms with Crippen LogP contribution in [-0.2, 0) is 17.6 Å². The van der Waals surface area contributed by atoms with Crippen molar-refractivity contribution in [3.05, 3.63) is 34.9 Å². The van der Waals surface area contributed by atoms with Crippen LogP contribution in [0.3, 0.4) is 0 Å². The van der Waals surface area contributed by atoms with Crippen LogP contribution in [0, 0.1) is 5.92 Å². The van der Waals surface area contributed by atoms with E-state index in [0.29, 0.717) is 18.8 Å². The van der Waals surface area contributed by atoms with E-state index in [4.69, 9.17) is 0 Å². The molecule has 0 radical (unpaired) electrons. The van der Waals surface area contributed by atoms with Gasteiger partial charge in [-0.1, -0.05) is 12.1 Å². The van der Waals surface area contributed by atoms with E-state index in [1.165, 1.54) is 17.5 Å². The minimum atomic E-state index is 0. The number of aryl methyl sites for hydroxylation is 2. The van der Waals surface area contributed by atoms with Crippen molar-refractivity contribution < 1.29 is 9.59 Å². The fourth-order valence-electron chi connectivity index (χ4n) is 3.94. The van der Waals surface area contributed by atoms with Gasteiger partial charge in [0.25, 0.3) is 0 Å². The number of hydrogen-bond donors (Lipinski definition) is 1. The van der Waals surface area contributed by atoms with Gasteiger partial charge in [-0.25, -0.2) is 0 Å². The summed E-state index contributed by atoms with van der Waals surface area (Å²) >= 11 is 0. The molecule has 0 aromatic heterocycles. The van der Waals surface area contributed by atoms with E-state index in [1.54, 1.807) is 0 Å². The minimum absolute atomic E-state index is 0. The number of benzene rings is 1. The number of rotatable bonds is 6. The number of likely N-dealkylation sites (tertiary alicyclic amines) is 1. The highest BCUT2D eigenvalue weighted by Gasteiger charge is 2.23. The Kier molecular flexibility index (Phi) is 7.45. The zero-order valence-electron chi connectivity index (χ0n) is 15.1. The van der Waals surface area contributed by atoms with Crippen LogP contribution in [0.1, 0.15) is 53.6 Å². The lowest BCUT2D eigenvalue weighted by atomic mass is 9.96. The van der Waals surface area contributed by atoms with E-state index in [1.807, 2.05) is 24.1 Å². The molecular weight excluding hydrogens is 336 g/mol. The Hall–Kier alpha value is -1.39. The van der Waals surface area contributed by atoms with Crippen LogP contribution in [-0.4, -0.2) is 43.3 Å². The largest absolute Gasteiger partial charge is 0.343 e. The van der Waals surface area contributed by atoms with Crippen LogP contribution >= 0.6 is 12.4 Å². The van der Waals surface area contributed by atoms with Crippen molar-refractivity contribution in [1.82, 2.24) is 10.2 Å². The van der Waals surface area contributed by atoms with E-state index in [0.717, 1.165) is 50.9 Å². The van der Waals surface area contributed by atoms with Crippen LogP contribution in [0.4, 0.5) is 0 Å². The molecule has 1 saturated heterocycles. The van der Waals surface area contributed by atoms with Crippen molar-refractivity contribution in [2.24, 2.45) is 5.92 Å². The Balaban J connectivity index is 0.00000225. The van der Waals surface area contributed by atoms with Gasteiger partial charge in [0.2, 0.25) is 5.91 Å². The molecule has 1 fully saturated rings. The second-order valence-corrected chi connectivity index (χ2v) is 7.14. The zero-order chi connectivity index (χ0) is 16.9. The van der Waals surface area contributed by atoms with Crippen molar-refractivity contribution in [2.45, 2.75) is 44.9 Å². The number of Topliss-reactive ketones (excluding diaryl/α,β-unsaturated/α-hetero) is 1. The van der Waals surface area contributed by atoms with Gasteiger partial charge in [0.05, 0.1) is 0 Å². The van der Waals surface area contributed by atoms with Gasteiger partial charge in [-0.15, -0.1) is 12.4 Å². The molecule has 25 heavy (non-hydrogen) atoms. The fraction of sp³-hybridized carbons (Fsp3) is 0.600. The topological polar surface area (TPSA) is 49.4 Å². The first kappa shape index (κ1) is 19.9. The molecule has 138 valence electrons. The van der Waals surface area contributed by atoms with Gasteiger partial charge in [-0.05, 0) is 68.8 Å². The lowest BCUT2D eigenvalue weighted by Crippen LogP contribution is -2.40. The first-order valence-corrected chi connectivity index (χ1v) is 9.24. The van der Waals surface area contributed by atoms with Crippen LogP contribution in [0.2, 0.25) is 0 Å². The van der Waals surface area contributed by atoms with Crippen molar-refractivity contribution in [1.29, 1.82) is 0 Å². The first-order valence-electron chi connectivity index (χ1n) is 9.24. The van der Waals surface area contributed by atoms with E-state index < -0.39 is 0 Å². The molecule has 0 bridgehead atoms. The first-order chi connectivity index (χ1) is 11.7. The van der Waals surface area contributed by atoms with Crippen LogP contribution in [0.5, 0.6) is 0 Å². The molecule has 0 spiro atoms. The van der Waals surface area contributed by atoms with Gasteiger partial charge < -0.3 is 10.2 Å². The molecule has 1 heterocycles. The molecule has 0 unspecified atom stereocenters. The number of ketones is 1. The van der Waals surface area contributed by atoms with Gasteiger partial charge in [0.15, 0.2) is 5.78 Å². The number of carbonyl (C=O) groups excluding carboxylic acids is 2. The fourth-order valence-corrected chi connectivity index (χ4v) is 3.94. The maximum Gasteiger partial charge on any atom is 0.223 e. The highest BCUT2D eigenvalue weighted by molar-refractivity contribution is 5.98. The third kappa shape index (κ3) is 5.05. The van der Waals surface area contributed by atoms with Gasteiger partial charge in [0, 0.05) is 31.5 Å². The van der Waals surface area contributed by atoms with Gasteiger partial charge in [-0.3, -0.25) is 9.59 Å². The summed E-state index contributed by atoms with van der Waals surface area (Å²) in [5, 5.41) is 3.21. The molecular formula is C20H29ClN2O2. The second kappa shape index (κ2) is 9.35. The van der Waals surface area contributed by atoms with Crippen molar-refractivity contribution in [2.75, 3.05) is 26.7 Å². The van der Waals surface area contributed by atoms with Gasteiger partial charge >= 0.3 is 0 Å². The number of nitrogens with zero attached hydrogens (tertiary/aromatic N) is 1. The molecule has 4 nitrogen and oxygen atoms in total. The standard InChI is InChI=1S/C20H28N2O2.ClH/c1-21-14-15-9-11-22(12-10-15)20(24)8-7-19(23)18-6-5-16-3-2-4-17(16)13-18;/h5-6,13,15,21H,2-4,7-12,14H2,1H3;1H. The lowest BCUT2D eigenvalue weighted by Gasteiger charge is -2.32. The Morgan fingerprint density at radius 2 is 1.84 bits per heavy atom. The molecule has 1 N–H and O–H groups in total. The average molecular weight is 365 g/mol. The summed E-state index contributed by atoms with van der Waals surface area (Å²) in [6, 6.07) is 6.06. The monoisotopic (exact) mass is 364 g/mol. The highest BCUT2D eigenvalue weighted by atomic mass is 35.5. The van der Waals surface area contributed by atoms with Crippen LogP contribution in [0.15, 0.2) is 18.2 Å². The molecule has 1 aliphatic carbocycles. The molecule has 3 rings (SSSR count). The number of piperidine rings is 1. The van der Waals surface area contributed by atoms with Crippen molar-refractivity contribution in [3.8, 4) is 0 Å². The summed E-state index contributed by atoms with van der Waals surface area (Å²) in [5.74, 6) is 0.905. The van der Waals surface area contributed by atoms with Crippen molar-refractivity contribution in [3.63, 3.8) is 0 Å². The zero-order valence-corrected chi connectivity index (χ0v) is 15.9. The summed E-state index contributed by atoms with van der Waals surface area (Å²) in [7, 11) is 1.97. The molecule has 1 aromatic carbocycles. The number of fused-ring (bicyclic) bond motifs is 1. The number of hydrogen-bond acceptors (Lipinski definition) is 3. The van der Waals surface area contributed by atoms with E-state index in [-0.39, 0.29) is 24.1 Å². The number of halogens is 1. The third-order valence-electron chi connectivity index (χ3n) is 5.45. The summed E-state index contributed by atoms with van der Waals surface area (Å²) < 4.78 is 0. The van der Waals surface area contributed by atoms with E-state index >= 15 is 0 Å². The maximum atomic E-state index is 12.4. The molecule has 0 saturated carbocycles. The summed E-state index contributed by atoms with van der Waals surface area (Å²) in [4.78, 5) is 26.7. The molecule has 2 aliphatic rings. The Morgan fingerprint density at radius 3 is 2.56 bits per heavy atom. The van der Waals surface area contributed by atoms with Gasteiger partial charge in [0.1, 0.15) is 0 Å². The SMILES string of the molecule is CNCC1CCN(C(=O)CCC(=O)c2ccc3c(c2)CCC3)CC1.Cl. The van der Waals surface area contributed by atoms with Crippen molar-refractivity contribution >= 4 is 24.1 Å². The predicted octanol–water partition coefficient (Wildman–Crippen LogP) is 3.02. The predicted molar refractivity (Wildman–Crippen MR) is 103 cm³/mol. The molecule has 1 aromatic rings. The average Bonchev–Trinajstić information content (AvgIpc) is 3.08. The summed E-state index contributed by atoms with van der Waals surface area (Å²) in [6.07, 6.45) is 6.19. The smallest absolute Gasteiger partial charge is 0.223 e. The summed E-state index contributed by atoms with van der Waals surface area (Å²) in [5.41, 5.74) is 3.47. The third-order valence-corrected chi connectivity index (χ3v) is 5.45. The molecule has 1 aliphatic heterocycles. The van der Waals surface area contributed by atoms with Crippen LogP contribution in [0.25, 0.3) is 0 Å². The maximum absolute atomic E-state index is 12.4. The number of nitrogens with one attached hydrogen (secondary N) is 1. The molecule has 0 atom stereocenters. The normalized spacial score (nSPS) is 17.1. The minimum Gasteiger partial charge on any atom is -0.343 e. The number of carbonyl (C=O) groups is 2. The van der Waals surface area contributed by atoms with Gasteiger partial charge in [-0.2, -0.15) is 0 Å². The van der Waals surface area contributed by atoms with Crippen LogP contribution < -0.4 is 5.32 Å². The van der Waals surface area contributed by atoms with E-state index in [2.05, 4.69) is 11.4 Å². The van der Waals surface area contributed by atoms with E-state index in [9.17, 15) is 9.59 Å². The lowest BCUT2D eigenvalue weighted by molar-refractivity contribution is -0.132.